The van der Waals surface area contributed by atoms with Crippen LogP contribution in [0.3, 0.4) is 0 Å². The number of carbonyl (C=O) groups is 1. The summed E-state index contributed by atoms with van der Waals surface area (Å²) in [7, 11) is 0. The number of ether oxygens (including phenoxy) is 1. The van der Waals surface area contributed by atoms with Crippen LogP contribution in [0, 0.1) is 0 Å². The fourth-order valence-electron chi connectivity index (χ4n) is 3.94. The van der Waals surface area contributed by atoms with Crippen molar-refractivity contribution in [2.24, 2.45) is 4.99 Å². The molecule has 9 nitrogen and oxygen atoms in total. The number of aliphatic imine (C=N–C) groups is 1. The minimum Gasteiger partial charge on any atom is -0.390 e. The predicted octanol–water partition coefficient (Wildman–Crippen LogP) is -0.711. The molecule has 1 aromatic rings. The van der Waals surface area contributed by atoms with Crippen molar-refractivity contribution in [1.29, 1.82) is 0 Å². The molecule has 168 valence electrons. The Morgan fingerprint density at radius 2 is 2.16 bits per heavy atom. The zero-order chi connectivity index (χ0) is 21.6. The second kappa shape index (κ2) is 10.2. The van der Waals surface area contributed by atoms with E-state index in [0.717, 1.165) is 38.4 Å². The molecular formula is C22H32N6O3. The molecule has 9 heteroatoms. The average molecular weight is 429 g/mol. The van der Waals surface area contributed by atoms with Gasteiger partial charge in [0.25, 0.3) is 5.91 Å². The van der Waals surface area contributed by atoms with Gasteiger partial charge in [-0.25, -0.2) is 4.99 Å². The number of aliphatic hydroxyl groups excluding tert-OH is 1. The van der Waals surface area contributed by atoms with Gasteiger partial charge in [-0.1, -0.05) is 24.3 Å². The molecule has 3 aliphatic rings. The van der Waals surface area contributed by atoms with Crippen LogP contribution in [0.25, 0.3) is 0 Å². The monoisotopic (exact) mass is 428 g/mol. The number of amides is 1. The van der Waals surface area contributed by atoms with Crippen molar-refractivity contribution < 1.29 is 14.6 Å². The second-order valence-corrected chi connectivity index (χ2v) is 8.14. The van der Waals surface area contributed by atoms with Crippen LogP contribution in [0.2, 0.25) is 0 Å². The Morgan fingerprint density at radius 1 is 1.35 bits per heavy atom. The summed E-state index contributed by atoms with van der Waals surface area (Å²) in [5.41, 5.74) is 2.97. The van der Waals surface area contributed by atoms with Gasteiger partial charge < -0.3 is 31.1 Å². The van der Waals surface area contributed by atoms with Gasteiger partial charge in [0.15, 0.2) is 0 Å². The largest absolute Gasteiger partial charge is 0.390 e. The lowest BCUT2D eigenvalue weighted by Gasteiger charge is -2.32. The number of benzene rings is 1. The zero-order valence-corrected chi connectivity index (χ0v) is 17.9. The van der Waals surface area contributed by atoms with E-state index in [9.17, 15) is 9.90 Å². The molecule has 0 radical (unpaired) electrons. The molecule has 0 saturated carbocycles. The smallest absolute Gasteiger partial charge is 0.269 e. The summed E-state index contributed by atoms with van der Waals surface area (Å²) in [6.45, 7) is 6.54. The molecule has 1 unspecified atom stereocenters. The molecular weight excluding hydrogens is 396 g/mol. The Labute approximate surface area is 182 Å². The van der Waals surface area contributed by atoms with E-state index >= 15 is 0 Å². The number of β-amino-alcohol motifs (C(OH)–C–C–N with tert-alkyl or cyclic N) is 1. The maximum absolute atomic E-state index is 12.7. The highest BCUT2D eigenvalue weighted by Gasteiger charge is 2.24. The maximum atomic E-state index is 12.7. The van der Waals surface area contributed by atoms with Crippen molar-refractivity contribution in [2.45, 2.75) is 38.4 Å². The summed E-state index contributed by atoms with van der Waals surface area (Å²) in [4.78, 5) is 19.3. The molecule has 1 amide bonds. The Kier molecular flexibility index (Phi) is 7.18. The van der Waals surface area contributed by atoms with Gasteiger partial charge in [-0.3, -0.25) is 9.69 Å². The molecule has 0 spiro atoms. The normalized spacial score (nSPS) is 22.3. The van der Waals surface area contributed by atoms with Gasteiger partial charge in [0, 0.05) is 52.0 Å². The second-order valence-electron chi connectivity index (χ2n) is 8.14. The van der Waals surface area contributed by atoms with Crippen molar-refractivity contribution in [3.63, 3.8) is 0 Å². The van der Waals surface area contributed by atoms with E-state index in [0.29, 0.717) is 19.2 Å². The minimum atomic E-state index is -0.651. The van der Waals surface area contributed by atoms with Crippen LogP contribution < -0.4 is 21.3 Å². The number of nitrogens with zero attached hydrogens (tertiary/aromatic N) is 2. The minimum absolute atomic E-state index is 0.172. The van der Waals surface area contributed by atoms with Crippen LogP contribution in [0.4, 0.5) is 0 Å². The third-order valence-electron chi connectivity index (χ3n) is 5.69. The van der Waals surface area contributed by atoms with Gasteiger partial charge in [-0.2, -0.15) is 0 Å². The number of nitrogens with one attached hydrogen (secondary N) is 4. The Bertz CT molecular complexity index is 838. The Morgan fingerprint density at radius 3 is 2.90 bits per heavy atom. The van der Waals surface area contributed by atoms with Crippen LogP contribution in [-0.2, 0) is 22.5 Å². The first-order chi connectivity index (χ1) is 15.1. The van der Waals surface area contributed by atoms with Crippen LogP contribution in [0.15, 0.2) is 41.2 Å². The third-order valence-corrected chi connectivity index (χ3v) is 5.69. The summed E-state index contributed by atoms with van der Waals surface area (Å²) >= 11 is 0. The Hall–Kier alpha value is -2.46. The molecule has 3 aliphatic heterocycles. The quantitative estimate of drug-likeness (QED) is 0.353. The lowest BCUT2D eigenvalue weighted by Crippen LogP contribution is -2.57. The van der Waals surface area contributed by atoms with E-state index in [1.54, 1.807) is 6.08 Å². The van der Waals surface area contributed by atoms with Gasteiger partial charge in [0.1, 0.15) is 11.5 Å². The van der Waals surface area contributed by atoms with Crippen LogP contribution in [0.5, 0.6) is 0 Å². The van der Waals surface area contributed by atoms with Crippen molar-refractivity contribution in [1.82, 2.24) is 26.2 Å². The van der Waals surface area contributed by atoms with Gasteiger partial charge in [-0.05, 0) is 24.5 Å². The molecule has 5 N–H and O–H groups in total. The molecule has 4 rings (SSSR count). The van der Waals surface area contributed by atoms with Crippen LogP contribution in [-0.4, -0.2) is 79.5 Å². The molecule has 1 aromatic carbocycles. The summed E-state index contributed by atoms with van der Waals surface area (Å²) in [6, 6.07) is 8.73. The van der Waals surface area contributed by atoms with E-state index < -0.39 is 12.5 Å². The van der Waals surface area contributed by atoms with E-state index in [4.69, 9.17) is 4.74 Å². The van der Waals surface area contributed by atoms with Gasteiger partial charge in [0.05, 0.1) is 12.1 Å². The molecule has 2 atom stereocenters. The molecule has 1 fully saturated rings. The number of hydrogen-bond acceptors (Lipinski definition) is 8. The first kappa shape index (κ1) is 21.8. The molecule has 1 saturated heterocycles. The van der Waals surface area contributed by atoms with E-state index in [-0.39, 0.29) is 18.2 Å². The third kappa shape index (κ3) is 5.82. The van der Waals surface area contributed by atoms with E-state index in [1.165, 1.54) is 11.1 Å². The predicted molar refractivity (Wildman–Crippen MR) is 118 cm³/mol. The van der Waals surface area contributed by atoms with Crippen molar-refractivity contribution in [3.05, 3.63) is 47.3 Å². The number of carbonyl (C=O) groups excluding carboxylic acids is 1. The lowest BCUT2D eigenvalue weighted by molar-refractivity contribution is -0.115. The number of hydrogen-bond donors (Lipinski definition) is 5. The molecule has 0 aliphatic carbocycles. The van der Waals surface area contributed by atoms with Gasteiger partial charge in [0.2, 0.25) is 6.35 Å². The molecule has 0 aromatic heterocycles. The highest BCUT2D eigenvalue weighted by atomic mass is 16.5. The number of fused-ring (bicyclic) bond motifs is 1. The summed E-state index contributed by atoms with van der Waals surface area (Å²) in [6.07, 6.45) is 1.41. The van der Waals surface area contributed by atoms with Crippen molar-refractivity contribution >= 4 is 11.6 Å². The summed E-state index contributed by atoms with van der Waals surface area (Å²) < 4.78 is 5.55. The SMILES string of the molecule is CCOC1N=C(C(=O)NC[C@H](O)CN2CCc3ccccc3C2)C=C(NC2CNC2)N1. The fraction of sp³-hybridized carbons (Fsp3) is 0.545. The van der Waals surface area contributed by atoms with Gasteiger partial charge >= 0.3 is 0 Å². The zero-order valence-electron chi connectivity index (χ0n) is 17.9. The standard InChI is InChI=1S/C22H32N6O3/c1-2-31-22-26-19(9-20(27-22)25-17-10-23-11-17)21(30)24-12-18(29)14-28-8-7-15-5-3-4-6-16(15)13-28/h3-6,9,17-18,22-23,25,27,29H,2,7-8,10-14H2,1H3,(H,24,30)/t18-,22?/m0/s1. The first-order valence-corrected chi connectivity index (χ1v) is 11.0. The highest BCUT2D eigenvalue weighted by Crippen LogP contribution is 2.18. The van der Waals surface area contributed by atoms with Crippen molar-refractivity contribution in [3.8, 4) is 0 Å². The number of rotatable bonds is 9. The van der Waals surface area contributed by atoms with Crippen LogP contribution in [0.1, 0.15) is 18.1 Å². The molecule has 3 heterocycles. The average Bonchev–Trinajstić information content (AvgIpc) is 2.74. The lowest BCUT2D eigenvalue weighted by atomic mass is 10.00. The van der Waals surface area contributed by atoms with E-state index in [1.807, 2.05) is 13.0 Å². The summed E-state index contributed by atoms with van der Waals surface area (Å²) in [5, 5.41) is 23.0. The topological polar surface area (TPSA) is 110 Å². The highest BCUT2D eigenvalue weighted by molar-refractivity contribution is 6.43. The van der Waals surface area contributed by atoms with Crippen LogP contribution >= 0.6 is 0 Å². The first-order valence-electron chi connectivity index (χ1n) is 11.0. The molecule has 31 heavy (non-hydrogen) atoms. The number of aliphatic hydroxyl groups is 1. The van der Waals surface area contributed by atoms with Crippen molar-refractivity contribution in [2.75, 3.05) is 39.3 Å². The fourth-order valence-corrected chi connectivity index (χ4v) is 3.94. The Balaban J connectivity index is 1.28. The molecule has 0 bridgehead atoms. The summed E-state index contributed by atoms with van der Waals surface area (Å²) in [5.74, 6) is 0.401. The maximum Gasteiger partial charge on any atom is 0.269 e. The van der Waals surface area contributed by atoms with E-state index in [2.05, 4.69) is 49.4 Å². The van der Waals surface area contributed by atoms with Gasteiger partial charge in [-0.15, -0.1) is 0 Å².